The predicted molar refractivity (Wildman–Crippen MR) is 67.5 cm³/mol. The number of hydrogen-bond acceptors (Lipinski definition) is 2. The molecule has 0 bridgehead atoms. The molecule has 2 heteroatoms. The highest BCUT2D eigenvalue weighted by atomic mass is 16.5. The molecule has 16 heavy (non-hydrogen) atoms. The largest absolute Gasteiger partial charge is 0.491 e. The third-order valence-corrected chi connectivity index (χ3v) is 3.66. The van der Waals surface area contributed by atoms with Crippen LogP contribution >= 0.6 is 0 Å². The van der Waals surface area contributed by atoms with Crippen LogP contribution in [0.5, 0.6) is 5.75 Å². The van der Waals surface area contributed by atoms with Crippen LogP contribution in [0.3, 0.4) is 0 Å². The second-order valence-corrected chi connectivity index (χ2v) is 4.87. The zero-order chi connectivity index (χ0) is 11.4. The van der Waals surface area contributed by atoms with Crippen LogP contribution in [-0.4, -0.2) is 6.61 Å². The predicted octanol–water partition coefficient (Wildman–Crippen LogP) is 3.47. The third-order valence-electron chi connectivity index (χ3n) is 3.66. The van der Waals surface area contributed by atoms with E-state index in [1.807, 2.05) is 24.3 Å². The maximum Gasteiger partial charge on any atom is 0.142 e. The number of ether oxygens (including phenoxy) is 1. The smallest absolute Gasteiger partial charge is 0.142 e. The van der Waals surface area contributed by atoms with E-state index in [1.165, 1.54) is 25.7 Å². The minimum atomic E-state index is 0.702. The van der Waals surface area contributed by atoms with Gasteiger partial charge in [0.2, 0.25) is 0 Å². The van der Waals surface area contributed by atoms with E-state index < -0.39 is 0 Å². The molecular formula is C14H21NO. The average molecular weight is 219 g/mol. The molecule has 1 aliphatic rings. The van der Waals surface area contributed by atoms with Crippen LogP contribution < -0.4 is 10.5 Å². The summed E-state index contributed by atoms with van der Waals surface area (Å²) in [5, 5.41) is 0. The average Bonchev–Trinajstić information content (AvgIpc) is 2.30. The van der Waals surface area contributed by atoms with Crippen molar-refractivity contribution in [1.29, 1.82) is 0 Å². The topological polar surface area (TPSA) is 35.2 Å². The SMILES string of the molecule is CC1CCCC[C@@H]1COc1ccccc1N. The van der Waals surface area contributed by atoms with Crippen molar-refractivity contribution in [3.8, 4) is 5.75 Å². The number of para-hydroxylation sites is 2. The zero-order valence-corrected chi connectivity index (χ0v) is 9.99. The van der Waals surface area contributed by atoms with Gasteiger partial charge in [0, 0.05) is 0 Å². The van der Waals surface area contributed by atoms with Gasteiger partial charge in [-0.25, -0.2) is 0 Å². The molecular weight excluding hydrogens is 198 g/mol. The molecule has 0 saturated heterocycles. The first kappa shape index (κ1) is 11.3. The van der Waals surface area contributed by atoms with Crippen molar-refractivity contribution in [3.05, 3.63) is 24.3 Å². The Morgan fingerprint density at radius 3 is 2.75 bits per heavy atom. The summed E-state index contributed by atoms with van der Waals surface area (Å²) in [6.45, 7) is 3.15. The fourth-order valence-corrected chi connectivity index (χ4v) is 2.45. The fraction of sp³-hybridized carbons (Fsp3) is 0.571. The second-order valence-electron chi connectivity index (χ2n) is 4.87. The Kier molecular flexibility index (Phi) is 3.70. The third kappa shape index (κ3) is 2.69. The van der Waals surface area contributed by atoms with E-state index in [2.05, 4.69) is 6.92 Å². The van der Waals surface area contributed by atoms with Crippen LogP contribution in [0.15, 0.2) is 24.3 Å². The normalized spacial score (nSPS) is 25.3. The highest BCUT2D eigenvalue weighted by Crippen LogP contribution is 2.30. The Morgan fingerprint density at radius 2 is 2.00 bits per heavy atom. The quantitative estimate of drug-likeness (QED) is 0.790. The molecule has 88 valence electrons. The lowest BCUT2D eigenvalue weighted by molar-refractivity contribution is 0.160. The van der Waals surface area contributed by atoms with Crippen molar-refractivity contribution in [3.63, 3.8) is 0 Å². The summed E-state index contributed by atoms with van der Waals surface area (Å²) in [7, 11) is 0. The Morgan fingerprint density at radius 1 is 1.25 bits per heavy atom. The van der Waals surface area contributed by atoms with E-state index in [-0.39, 0.29) is 0 Å². The highest BCUT2D eigenvalue weighted by Gasteiger charge is 2.21. The lowest BCUT2D eigenvalue weighted by Crippen LogP contribution is -2.23. The Bertz CT molecular complexity index is 337. The van der Waals surface area contributed by atoms with Crippen LogP contribution in [0.25, 0.3) is 0 Å². The molecule has 2 rings (SSSR count). The van der Waals surface area contributed by atoms with Crippen molar-refractivity contribution < 1.29 is 4.74 Å². The van der Waals surface area contributed by atoms with Gasteiger partial charge >= 0.3 is 0 Å². The Hall–Kier alpha value is -1.18. The molecule has 1 aliphatic carbocycles. The minimum absolute atomic E-state index is 0.702. The second kappa shape index (κ2) is 5.24. The zero-order valence-electron chi connectivity index (χ0n) is 9.99. The van der Waals surface area contributed by atoms with Gasteiger partial charge in [-0.15, -0.1) is 0 Å². The molecule has 0 radical (unpaired) electrons. The van der Waals surface area contributed by atoms with E-state index in [1.54, 1.807) is 0 Å². The summed E-state index contributed by atoms with van der Waals surface area (Å²) >= 11 is 0. The lowest BCUT2D eigenvalue weighted by atomic mass is 9.81. The van der Waals surface area contributed by atoms with Gasteiger partial charge in [0.15, 0.2) is 0 Å². The Labute approximate surface area is 97.8 Å². The molecule has 2 atom stereocenters. The Balaban J connectivity index is 1.89. The van der Waals surface area contributed by atoms with Gasteiger partial charge in [-0.3, -0.25) is 0 Å². The van der Waals surface area contributed by atoms with E-state index in [0.717, 1.165) is 24.0 Å². The molecule has 0 heterocycles. The van der Waals surface area contributed by atoms with E-state index in [0.29, 0.717) is 5.92 Å². The first-order valence-corrected chi connectivity index (χ1v) is 6.24. The van der Waals surface area contributed by atoms with Gasteiger partial charge in [-0.1, -0.05) is 38.3 Å². The molecule has 0 aromatic heterocycles. The number of rotatable bonds is 3. The monoisotopic (exact) mass is 219 g/mol. The van der Waals surface area contributed by atoms with E-state index >= 15 is 0 Å². The van der Waals surface area contributed by atoms with Crippen LogP contribution in [0.4, 0.5) is 5.69 Å². The first-order valence-electron chi connectivity index (χ1n) is 6.24. The summed E-state index contributed by atoms with van der Waals surface area (Å²) in [4.78, 5) is 0. The number of nitrogens with two attached hydrogens (primary N) is 1. The highest BCUT2D eigenvalue weighted by molar-refractivity contribution is 5.51. The number of anilines is 1. The van der Waals surface area contributed by atoms with Crippen LogP contribution in [0.2, 0.25) is 0 Å². The maximum absolute atomic E-state index is 5.85. The van der Waals surface area contributed by atoms with Crippen molar-refractivity contribution in [2.75, 3.05) is 12.3 Å². The summed E-state index contributed by atoms with van der Waals surface area (Å²) in [5.74, 6) is 2.33. The number of benzene rings is 1. The summed E-state index contributed by atoms with van der Waals surface area (Å²) in [5.41, 5.74) is 6.59. The minimum Gasteiger partial charge on any atom is -0.491 e. The van der Waals surface area contributed by atoms with Crippen molar-refractivity contribution in [1.82, 2.24) is 0 Å². The fourth-order valence-electron chi connectivity index (χ4n) is 2.45. The van der Waals surface area contributed by atoms with Crippen molar-refractivity contribution in [2.45, 2.75) is 32.6 Å². The molecule has 0 amide bonds. The van der Waals surface area contributed by atoms with Gasteiger partial charge in [0.1, 0.15) is 5.75 Å². The van der Waals surface area contributed by atoms with Gasteiger partial charge in [0.25, 0.3) is 0 Å². The summed E-state index contributed by atoms with van der Waals surface area (Å²) < 4.78 is 5.82. The van der Waals surface area contributed by atoms with Crippen LogP contribution in [0.1, 0.15) is 32.6 Å². The molecule has 1 aromatic rings. The molecule has 0 aliphatic heterocycles. The lowest BCUT2D eigenvalue weighted by Gasteiger charge is -2.28. The standard InChI is InChI=1S/C14H21NO/c1-11-6-2-3-7-12(11)10-16-14-9-5-4-8-13(14)15/h4-5,8-9,11-12H,2-3,6-7,10,15H2,1H3/t11?,12-/m1/s1. The van der Waals surface area contributed by atoms with E-state index in [9.17, 15) is 0 Å². The number of hydrogen-bond donors (Lipinski definition) is 1. The van der Waals surface area contributed by atoms with Crippen LogP contribution in [-0.2, 0) is 0 Å². The molecule has 1 saturated carbocycles. The summed E-state index contributed by atoms with van der Waals surface area (Å²) in [6, 6.07) is 7.74. The maximum atomic E-state index is 5.85. The molecule has 2 nitrogen and oxygen atoms in total. The van der Waals surface area contributed by atoms with Crippen molar-refractivity contribution >= 4 is 5.69 Å². The van der Waals surface area contributed by atoms with Gasteiger partial charge in [-0.05, 0) is 30.4 Å². The molecule has 1 aromatic carbocycles. The summed E-state index contributed by atoms with van der Waals surface area (Å²) in [6.07, 6.45) is 5.37. The van der Waals surface area contributed by atoms with Gasteiger partial charge in [0.05, 0.1) is 12.3 Å². The van der Waals surface area contributed by atoms with Crippen molar-refractivity contribution in [2.24, 2.45) is 11.8 Å². The van der Waals surface area contributed by atoms with Gasteiger partial charge < -0.3 is 10.5 Å². The molecule has 1 unspecified atom stereocenters. The molecule has 0 spiro atoms. The van der Waals surface area contributed by atoms with Gasteiger partial charge in [-0.2, -0.15) is 0 Å². The molecule has 2 N–H and O–H groups in total. The van der Waals surface area contributed by atoms with Crippen LogP contribution in [0, 0.1) is 11.8 Å². The number of nitrogen functional groups attached to an aromatic ring is 1. The van der Waals surface area contributed by atoms with E-state index in [4.69, 9.17) is 10.5 Å². The molecule has 1 fully saturated rings. The first-order chi connectivity index (χ1) is 7.77.